The number of nitrogens with one attached hydrogen (secondary N) is 2. The number of amides is 2. The van der Waals surface area contributed by atoms with E-state index in [2.05, 4.69) is 10.9 Å². The minimum atomic E-state index is -0.880. The van der Waals surface area contributed by atoms with E-state index < -0.39 is 23.7 Å². The number of rotatable bonds is 5. The first-order chi connectivity index (χ1) is 14.5. The third kappa shape index (κ3) is 4.10. The summed E-state index contributed by atoms with van der Waals surface area (Å²) in [6, 6.07) is 17.0. The smallest absolute Gasteiger partial charge is 0.279 e. The molecule has 1 atom stereocenters. The van der Waals surface area contributed by atoms with E-state index in [4.69, 9.17) is 9.15 Å². The molecule has 2 amide bonds. The van der Waals surface area contributed by atoms with E-state index in [1.54, 1.807) is 6.26 Å². The lowest BCUT2D eigenvalue weighted by Crippen LogP contribution is -2.47. The maximum Gasteiger partial charge on any atom is 0.279 e. The van der Waals surface area contributed by atoms with Crippen LogP contribution in [0.15, 0.2) is 71.3 Å². The van der Waals surface area contributed by atoms with Crippen LogP contribution in [0.5, 0.6) is 5.75 Å². The zero-order valence-electron chi connectivity index (χ0n) is 16.1. The third-order valence-electron chi connectivity index (χ3n) is 4.71. The predicted octanol–water partition coefficient (Wildman–Crippen LogP) is 3.88. The molecule has 0 radical (unpaired) electrons. The van der Waals surface area contributed by atoms with Crippen molar-refractivity contribution >= 4 is 33.6 Å². The molecule has 7 heteroatoms. The monoisotopic (exact) mass is 406 g/mol. The largest absolute Gasteiger partial charge is 0.481 e. The molecule has 1 aromatic heterocycles. The minimum Gasteiger partial charge on any atom is -0.481 e. The Bertz CT molecular complexity index is 1220. The minimum absolute atomic E-state index is 0.0362. The standard InChI is InChI=1S/C23H19FN2O4/c1-14(30-18-9-7-17(24)8-10-18)23(28)26-25-21(27)12-16-13-29-20-11-6-15-4-2-3-5-19(15)22(16)20/h2-11,13-14H,12H2,1H3,(H,25,27)(H,26,28). The van der Waals surface area contributed by atoms with E-state index >= 15 is 0 Å². The number of halogens is 1. The molecule has 0 aliphatic carbocycles. The van der Waals surface area contributed by atoms with Gasteiger partial charge in [-0.05, 0) is 48.0 Å². The lowest BCUT2D eigenvalue weighted by atomic mass is 10.0. The molecule has 4 rings (SSSR count). The van der Waals surface area contributed by atoms with E-state index in [-0.39, 0.29) is 6.42 Å². The molecule has 0 fully saturated rings. The van der Waals surface area contributed by atoms with Gasteiger partial charge < -0.3 is 9.15 Å². The fourth-order valence-corrected chi connectivity index (χ4v) is 3.23. The van der Waals surface area contributed by atoms with Gasteiger partial charge in [0.15, 0.2) is 6.10 Å². The van der Waals surface area contributed by atoms with Crippen molar-refractivity contribution in [2.24, 2.45) is 0 Å². The fourth-order valence-electron chi connectivity index (χ4n) is 3.23. The van der Waals surface area contributed by atoms with Gasteiger partial charge in [0.1, 0.15) is 17.1 Å². The topological polar surface area (TPSA) is 80.6 Å². The zero-order valence-corrected chi connectivity index (χ0v) is 16.1. The van der Waals surface area contributed by atoms with Crippen LogP contribution in [0.2, 0.25) is 0 Å². The molecule has 0 aliphatic rings. The lowest BCUT2D eigenvalue weighted by molar-refractivity contribution is -0.132. The van der Waals surface area contributed by atoms with Crippen LogP contribution in [-0.2, 0) is 16.0 Å². The van der Waals surface area contributed by atoms with Crippen LogP contribution in [0, 0.1) is 5.82 Å². The molecule has 30 heavy (non-hydrogen) atoms. The molecular formula is C23H19FN2O4. The molecule has 0 aliphatic heterocycles. The Morgan fingerprint density at radius 1 is 1.03 bits per heavy atom. The van der Waals surface area contributed by atoms with Gasteiger partial charge in [-0.3, -0.25) is 20.4 Å². The molecule has 4 aromatic rings. The Balaban J connectivity index is 1.38. The second-order valence-corrected chi connectivity index (χ2v) is 6.85. The number of hydrogen-bond donors (Lipinski definition) is 2. The van der Waals surface area contributed by atoms with Gasteiger partial charge in [-0.1, -0.05) is 30.3 Å². The van der Waals surface area contributed by atoms with Gasteiger partial charge in [-0.25, -0.2) is 4.39 Å². The van der Waals surface area contributed by atoms with Crippen LogP contribution in [0.4, 0.5) is 4.39 Å². The molecular weight excluding hydrogens is 387 g/mol. The number of hydrazine groups is 1. The average Bonchev–Trinajstić information content (AvgIpc) is 3.16. The summed E-state index contributed by atoms with van der Waals surface area (Å²) in [6.07, 6.45) is 0.710. The Morgan fingerprint density at radius 3 is 2.60 bits per heavy atom. The second kappa shape index (κ2) is 8.24. The number of hydrogen-bond acceptors (Lipinski definition) is 4. The van der Waals surface area contributed by atoms with Crippen molar-refractivity contribution in [1.82, 2.24) is 10.9 Å². The first-order valence-corrected chi connectivity index (χ1v) is 9.40. The fraction of sp³-hybridized carbons (Fsp3) is 0.130. The molecule has 1 heterocycles. The molecule has 0 spiro atoms. The van der Waals surface area contributed by atoms with Crippen molar-refractivity contribution < 1.29 is 23.1 Å². The van der Waals surface area contributed by atoms with Crippen LogP contribution in [0.25, 0.3) is 21.7 Å². The van der Waals surface area contributed by atoms with E-state index in [0.29, 0.717) is 11.3 Å². The van der Waals surface area contributed by atoms with Gasteiger partial charge in [0.05, 0.1) is 12.7 Å². The maximum absolute atomic E-state index is 12.9. The number of carbonyl (C=O) groups is 2. The number of furan rings is 1. The average molecular weight is 406 g/mol. The summed E-state index contributed by atoms with van der Waals surface area (Å²) in [6.45, 7) is 1.53. The van der Waals surface area contributed by atoms with Crippen LogP contribution < -0.4 is 15.6 Å². The maximum atomic E-state index is 12.9. The van der Waals surface area contributed by atoms with Crippen molar-refractivity contribution in [1.29, 1.82) is 0 Å². The van der Waals surface area contributed by atoms with Crippen molar-refractivity contribution in [3.05, 3.63) is 78.3 Å². The normalized spacial score (nSPS) is 11.9. The molecule has 0 saturated heterocycles. The van der Waals surface area contributed by atoms with Crippen molar-refractivity contribution in [2.45, 2.75) is 19.4 Å². The summed E-state index contributed by atoms with van der Waals surface area (Å²) in [7, 11) is 0. The van der Waals surface area contributed by atoms with Gasteiger partial charge >= 0.3 is 0 Å². The van der Waals surface area contributed by atoms with Gasteiger partial charge in [0.25, 0.3) is 5.91 Å². The second-order valence-electron chi connectivity index (χ2n) is 6.85. The van der Waals surface area contributed by atoms with Crippen LogP contribution >= 0.6 is 0 Å². The number of ether oxygens (including phenoxy) is 1. The number of carbonyl (C=O) groups excluding carboxylic acids is 2. The van der Waals surface area contributed by atoms with Crippen molar-refractivity contribution in [3.63, 3.8) is 0 Å². The summed E-state index contributed by atoms with van der Waals surface area (Å²) >= 11 is 0. The number of fused-ring (bicyclic) bond motifs is 3. The van der Waals surface area contributed by atoms with E-state index in [1.807, 2.05) is 36.4 Å². The Kier molecular flexibility index (Phi) is 5.34. The molecule has 0 saturated carbocycles. The molecule has 152 valence electrons. The van der Waals surface area contributed by atoms with Crippen molar-refractivity contribution in [2.75, 3.05) is 0 Å². The summed E-state index contributed by atoms with van der Waals surface area (Å²) in [4.78, 5) is 24.5. The Morgan fingerprint density at radius 2 is 1.80 bits per heavy atom. The van der Waals surface area contributed by atoms with Gasteiger partial charge in [-0.2, -0.15) is 0 Å². The highest BCUT2D eigenvalue weighted by Gasteiger charge is 2.17. The summed E-state index contributed by atoms with van der Waals surface area (Å²) in [5.74, 6) is -0.975. The van der Waals surface area contributed by atoms with Crippen LogP contribution in [0.3, 0.4) is 0 Å². The predicted molar refractivity (Wildman–Crippen MR) is 110 cm³/mol. The highest BCUT2D eigenvalue weighted by Crippen LogP contribution is 2.30. The van der Waals surface area contributed by atoms with Gasteiger partial charge in [-0.15, -0.1) is 0 Å². The Labute approximate surface area is 171 Å². The van der Waals surface area contributed by atoms with Gasteiger partial charge in [0, 0.05) is 10.9 Å². The van der Waals surface area contributed by atoms with E-state index in [0.717, 1.165) is 21.7 Å². The molecule has 2 N–H and O–H groups in total. The SMILES string of the molecule is CC(Oc1ccc(F)cc1)C(=O)NNC(=O)Cc1coc2ccc3ccccc3c12. The van der Waals surface area contributed by atoms with Crippen LogP contribution in [-0.4, -0.2) is 17.9 Å². The molecule has 3 aromatic carbocycles. The number of benzene rings is 3. The quantitative estimate of drug-likeness (QED) is 0.493. The summed E-state index contributed by atoms with van der Waals surface area (Å²) in [5, 5.41) is 2.92. The lowest BCUT2D eigenvalue weighted by Gasteiger charge is -2.15. The molecule has 1 unspecified atom stereocenters. The van der Waals surface area contributed by atoms with Gasteiger partial charge in [0.2, 0.25) is 5.91 Å². The molecule has 6 nitrogen and oxygen atoms in total. The summed E-state index contributed by atoms with van der Waals surface area (Å²) < 4.78 is 24.0. The highest BCUT2D eigenvalue weighted by molar-refractivity contribution is 6.08. The first kappa shape index (κ1) is 19.4. The van der Waals surface area contributed by atoms with E-state index in [9.17, 15) is 14.0 Å². The molecule has 0 bridgehead atoms. The summed E-state index contributed by atoms with van der Waals surface area (Å²) in [5.41, 5.74) is 6.15. The third-order valence-corrected chi connectivity index (χ3v) is 4.71. The zero-order chi connectivity index (χ0) is 21.1. The van der Waals surface area contributed by atoms with Crippen molar-refractivity contribution in [3.8, 4) is 5.75 Å². The highest BCUT2D eigenvalue weighted by atomic mass is 19.1. The van der Waals surface area contributed by atoms with Crippen LogP contribution in [0.1, 0.15) is 12.5 Å². The Hall–Kier alpha value is -3.87. The first-order valence-electron chi connectivity index (χ1n) is 9.40. The van der Waals surface area contributed by atoms with E-state index in [1.165, 1.54) is 31.2 Å².